The van der Waals surface area contributed by atoms with Gasteiger partial charge in [0, 0.05) is 18.2 Å². The van der Waals surface area contributed by atoms with Crippen LogP contribution in [0.5, 0.6) is 0 Å². The van der Waals surface area contributed by atoms with E-state index in [1.807, 2.05) is 12.4 Å². The fourth-order valence-corrected chi connectivity index (χ4v) is 2.41. The van der Waals surface area contributed by atoms with Crippen LogP contribution in [0, 0.1) is 0 Å². The summed E-state index contributed by atoms with van der Waals surface area (Å²) in [6.45, 7) is 2.92. The van der Waals surface area contributed by atoms with Gasteiger partial charge in [0.1, 0.15) is 11.3 Å². The molecule has 2 N–H and O–H groups in total. The predicted molar refractivity (Wildman–Crippen MR) is 67.9 cm³/mol. The van der Waals surface area contributed by atoms with Gasteiger partial charge in [-0.05, 0) is 31.9 Å². The Balaban J connectivity index is 2.12. The Labute approximate surface area is 101 Å². The van der Waals surface area contributed by atoms with E-state index in [1.165, 1.54) is 24.2 Å². The van der Waals surface area contributed by atoms with Crippen molar-refractivity contribution in [2.45, 2.75) is 38.1 Å². The topological polar surface area (TPSA) is 56.7 Å². The number of hydrogen-bond donors (Lipinski definition) is 1. The van der Waals surface area contributed by atoms with Gasteiger partial charge in [0.15, 0.2) is 0 Å². The van der Waals surface area contributed by atoms with Crippen molar-refractivity contribution in [1.82, 2.24) is 14.5 Å². The maximum atomic E-state index is 5.65. The minimum Gasteiger partial charge on any atom is -0.330 e. The molecule has 1 unspecified atom stereocenters. The van der Waals surface area contributed by atoms with Crippen molar-refractivity contribution in [3.63, 3.8) is 0 Å². The molecule has 2 aromatic heterocycles. The summed E-state index contributed by atoms with van der Waals surface area (Å²) in [5, 5.41) is 0. The number of aromatic nitrogens is 3. The fourth-order valence-electron chi connectivity index (χ4n) is 2.41. The Kier molecular flexibility index (Phi) is 2.59. The van der Waals surface area contributed by atoms with Crippen molar-refractivity contribution in [1.29, 1.82) is 0 Å². The second-order valence-electron chi connectivity index (χ2n) is 4.91. The number of fused-ring (bicyclic) bond motifs is 1. The summed E-state index contributed by atoms with van der Waals surface area (Å²) in [5.74, 6) is 1.61. The Morgan fingerprint density at radius 3 is 3.06 bits per heavy atom. The standard InChI is InChI=1S/C13H18N4/c1-9(4-6-14)13-16-11-8-15-7-5-12(11)17(13)10-2-3-10/h5,7-10H,2-4,6,14H2,1H3. The zero-order valence-corrected chi connectivity index (χ0v) is 10.1. The molecule has 1 fully saturated rings. The molecule has 0 bridgehead atoms. The van der Waals surface area contributed by atoms with Crippen LogP contribution in [0.4, 0.5) is 0 Å². The van der Waals surface area contributed by atoms with Gasteiger partial charge in [-0.25, -0.2) is 4.98 Å². The highest BCUT2D eigenvalue weighted by Gasteiger charge is 2.29. The second kappa shape index (κ2) is 4.11. The number of rotatable bonds is 4. The molecular weight excluding hydrogens is 212 g/mol. The van der Waals surface area contributed by atoms with Gasteiger partial charge in [0.05, 0.1) is 11.7 Å². The molecule has 0 aromatic carbocycles. The maximum absolute atomic E-state index is 5.65. The van der Waals surface area contributed by atoms with Gasteiger partial charge in [-0.2, -0.15) is 0 Å². The first-order chi connectivity index (χ1) is 8.31. The molecule has 3 rings (SSSR count). The third-order valence-corrected chi connectivity index (χ3v) is 3.47. The highest BCUT2D eigenvalue weighted by atomic mass is 15.1. The van der Waals surface area contributed by atoms with E-state index in [-0.39, 0.29) is 0 Å². The summed E-state index contributed by atoms with van der Waals surface area (Å²) in [7, 11) is 0. The molecule has 1 aliphatic rings. The number of nitrogens with zero attached hydrogens (tertiary/aromatic N) is 3. The molecule has 0 radical (unpaired) electrons. The van der Waals surface area contributed by atoms with Gasteiger partial charge >= 0.3 is 0 Å². The summed E-state index contributed by atoms with van der Waals surface area (Å²) in [6.07, 6.45) is 7.24. The van der Waals surface area contributed by atoms with Gasteiger partial charge in [0.25, 0.3) is 0 Å². The average Bonchev–Trinajstić information content (AvgIpc) is 3.09. The summed E-state index contributed by atoms with van der Waals surface area (Å²) in [4.78, 5) is 8.89. The van der Waals surface area contributed by atoms with E-state index < -0.39 is 0 Å². The van der Waals surface area contributed by atoms with Crippen LogP contribution in [0.3, 0.4) is 0 Å². The van der Waals surface area contributed by atoms with Crippen LogP contribution in [-0.2, 0) is 0 Å². The molecule has 2 aromatic rings. The third kappa shape index (κ3) is 1.82. The van der Waals surface area contributed by atoms with Gasteiger partial charge in [0.2, 0.25) is 0 Å². The van der Waals surface area contributed by atoms with E-state index in [2.05, 4.69) is 22.5 Å². The quantitative estimate of drug-likeness (QED) is 0.876. The van der Waals surface area contributed by atoms with Gasteiger partial charge in [-0.15, -0.1) is 0 Å². The first-order valence-corrected chi connectivity index (χ1v) is 6.33. The molecule has 0 amide bonds. The molecule has 17 heavy (non-hydrogen) atoms. The lowest BCUT2D eigenvalue weighted by molar-refractivity contribution is 0.593. The van der Waals surface area contributed by atoms with E-state index in [9.17, 15) is 0 Å². The zero-order chi connectivity index (χ0) is 11.8. The zero-order valence-electron chi connectivity index (χ0n) is 10.1. The molecule has 4 nitrogen and oxygen atoms in total. The molecule has 4 heteroatoms. The van der Waals surface area contributed by atoms with E-state index in [4.69, 9.17) is 10.7 Å². The van der Waals surface area contributed by atoms with E-state index in [1.54, 1.807) is 0 Å². The largest absolute Gasteiger partial charge is 0.330 e. The van der Waals surface area contributed by atoms with E-state index in [0.29, 0.717) is 18.5 Å². The SMILES string of the molecule is CC(CCN)c1nc2cnccc2n1C1CC1. The van der Waals surface area contributed by atoms with Crippen LogP contribution in [-0.4, -0.2) is 21.1 Å². The minimum atomic E-state index is 0.424. The van der Waals surface area contributed by atoms with Gasteiger partial charge in [-0.3, -0.25) is 4.98 Å². The number of imidazole rings is 1. The van der Waals surface area contributed by atoms with Crippen LogP contribution < -0.4 is 5.73 Å². The third-order valence-electron chi connectivity index (χ3n) is 3.47. The first-order valence-electron chi connectivity index (χ1n) is 6.33. The van der Waals surface area contributed by atoms with Crippen molar-refractivity contribution in [2.75, 3.05) is 6.54 Å². The van der Waals surface area contributed by atoms with Crippen molar-refractivity contribution < 1.29 is 0 Å². The molecule has 1 aliphatic carbocycles. The Morgan fingerprint density at radius 2 is 2.35 bits per heavy atom. The average molecular weight is 230 g/mol. The molecule has 0 saturated heterocycles. The second-order valence-corrected chi connectivity index (χ2v) is 4.91. The molecule has 0 spiro atoms. The molecule has 90 valence electrons. The van der Waals surface area contributed by atoms with Crippen LogP contribution >= 0.6 is 0 Å². The molecular formula is C13H18N4. The van der Waals surface area contributed by atoms with Crippen LogP contribution in [0.1, 0.15) is 44.0 Å². The molecule has 0 aliphatic heterocycles. The van der Waals surface area contributed by atoms with Crippen molar-refractivity contribution in [3.05, 3.63) is 24.3 Å². The fraction of sp³-hybridized carbons (Fsp3) is 0.538. The Hall–Kier alpha value is -1.42. The van der Waals surface area contributed by atoms with Crippen LogP contribution in [0.2, 0.25) is 0 Å². The Bertz CT molecular complexity index is 527. The molecule has 1 saturated carbocycles. The summed E-state index contributed by atoms with van der Waals surface area (Å²) < 4.78 is 2.40. The van der Waals surface area contributed by atoms with Crippen molar-refractivity contribution in [3.8, 4) is 0 Å². The lowest BCUT2D eigenvalue weighted by Crippen LogP contribution is -2.10. The highest BCUT2D eigenvalue weighted by molar-refractivity contribution is 5.75. The van der Waals surface area contributed by atoms with E-state index >= 15 is 0 Å². The van der Waals surface area contributed by atoms with Crippen LogP contribution in [0.25, 0.3) is 11.0 Å². The van der Waals surface area contributed by atoms with Gasteiger partial charge in [-0.1, -0.05) is 6.92 Å². The van der Waals surface area contributed by atoms with E-state index in [0.717, 1.165) is 11.9 Å². The summed E-state index contributed by atoms with van der Waals surface area (Å²) >= 11 is 0. The summed E-state index contributed by atoms with van der Waals surface area (Å²) in [6, 6.07) is 2.72. The number of nitrogens with two attached hydrogens (primary N) is 1. The first kappa shape index (κ1) is 10.7. The van der Waals surface area contributed by atoms with Crippen LogP contribution in [0.15, 0.2) is 18.5 Å². The Morgan fingerprint density at radius 1 is 1.53 bits per heavy atom. The number of pyridine rings is 1. The normalized spacial score (nSPS) is 17.5. The number of hydrogen-bond acceptors (Lipinski definition) is 3. The lowest BCUT2D eigenvalue weighted by Gasteiger charge is -2.13. The molecule has 2 heterocycles. The monoisotopic (exact) mass is 230 g/mol. The summed E-state index contributed by atoms with van der Waals surface area (Å²) in [5.41, 5.74) is 7.89. The van der Waals surface area contributed by atoms with Crippen molar-refractivity contribution in [2.24, 2.45) is 5.73 Å². The lowest BCUT2D eigenvalue weighted by atomic mass is 10.1. The van der Waals surface area contributed by atoms with Crippen molar-refractivity contribution >= 4 is 11.0 Å². The smallest absolute Gasteiger partial charge is 0.113 e. The highest BCUT2D eigenvalue weighted by Crippen LogP contribution is 2.40. The predicted octanol–water partition coefficient (Wildman–Crippen LogP) is 2.22. The van der Waals surface area contributed by atoms with Gasteiger partial charge < -0.3 is 10.3 Å². The minimum absolute atomic E-state index is 0.424. The maximum Gasteiger partial charge on any atom is 0.113 e. The molecule has 1 atom stereocenters.